The summed E-state index contributed by atoms with van der Waals surface area (Å²) in [5, 5.41) is 26.8. The van der Waals surface area contributed by atoms with E-state index in [2.05, 4.69) is 0 Å². The Bertz CT molecular complexity index is 339. The average Bonchev–Trinajstić information content (AvgIpc) is 2.36. The van der Waals surface area contributed by atoms with Gasteiger partial charge in [-0.3, -0.25) is 14.4 Å². The second-order valence-corrected chi connectivity index (χ2v) is 5.09. The lowest BCUT2D eigenvalue weighted by Gasteiger charge is -2.22. The van der Waals surface area contributed by atoms with E-state index in [1.807, 2.05) is 6.92 Å². The standard InChI is InChI=1S/C14H24O6/c1-3-9(11(14(19)20)8-12(15)16)6-5-7-10(4-2)13(17)18/h9-11H,3-8H2,1-2H3,(H,15,16)(H,17,18)(H,19,20). The lowest BCUT2D eigenvalue weighted by Crippen LogP contribution is -2.26. The van der Waals surface area contributed by atoms with Gasteiger partial charge in [-0.1, -0.05) is 26.7 Å². The highest BCUT2D eigenvalue weighted by Gasteiger charge is 2.29. The zero-order valence-electron chi connectivity index (χ0n) is 12.0. The summed E-state index contributed by atoms with van der Waals surface area (Å²) in [4.78, 5) is 32.7. The van der Waals surface area contributed by atoms with Gasteiger partial charge in [0.15, 0.2) is 0 Å². The monoisotopic (exact) mass is 288 g/mol. The maximum Gasteiger partial charge on any atom is 0.307 e. The van der Waals surface area contributed by atoms with Crippen molar-refractivity contribution in [1.29, 1.82) is 0 Å². The molecule has 116 valence electrons. The third kappa shape index (κ3) is 6.54. The zero-order valence-corrected chi connectivity index (χ0v) is 12.0. The molecule has 0 heterocycles. The number of carboxylic acid groups (broad SMARTS) is 3. The van der Waals surface area contributed by atoms with Gasteiger partial charge in [0.1, 0.15) is 0 Å². The fourth-order valence-electron chi connectivity index (χ4n) is 2.46. The van der Waals surface area contributed by atoms with E-state index < -0.39 is 29.7 Å². The van der Waals surface area contributed by atoms with E-state index in [9.17, 15) is 14.4 Å². The van der Waals surface area contributed by atoms with Crippen molar-refractivity contribution in [2.75, 3.05) is 0 Å². The lowest BCUT2D eigenvalue weighted by molar-refractivity contribution is -0.150. The van der Waals surface area contributed by atoms with Crippen molar-refractivity contribution in [2.45, 2.75) is 52.4 Å². The first-order valence-electron chi connectivity index (χ1n) is 7.00. The van der Waals surface area contributed by atoms with Crippen LogP contribution in [-0.4, -0.2) is 33.2 Å². The summed E-state index contributed by atoms with van der Waals surface area (Å²) in [6, 6.07) is 0. The number of carbonyl (C=O) groups is 3. The second-order valence-electron chi connectivity index (χ2n) is 5.09. The van der Waals surface area contributed by atoms with Crippen molar-refractivity contribution < 1.29 is 29.7 Å². The van der Waals surface area contributed by atoms with Crippen LogP contribution in [0.3, 0.4) is 0 Å². The Morgan fingerprint density at radius 2 is 1.50 bits per heavy atom. The fraction of sp³-hybridized carbons (Fsp3) is 0.786. The van der Waals surface area contributed by atoms with Gasteiger partial charge >= 0.3 is 17.9 Å². The van der Waals surface area contributed by atoms with Crippen LogP contribution < -0.4 is 0 Å². The molecule has 6 heteroatoms. The van der Waals surface area contributed by atoms with E-state index in [0.29, 0.717) is 32.1 Å². The van der Waals surface area contributed by atoms with Crippen molar-refractivity contribution in [3.05, 3.63) is 0 Å². The Hall–Kier alpha value is -1.59. The van der Waals surface area contributed by atoms with Crippen LogP contribution >= 0.6 is 0 Å². The van der Waals surface area contributed by atoms with Gasteiger partial charge in [0.25, 0.3) is 0 Å². The molecule has 3 atom stereocenters. The first-order chi connectivity index (χ1) is 9.33. The van der Waals surface area contributed by atoms with Crippen molar-refractivity contribution >= 4 is 17.9 Å². The minimum atomic E-state index is -1.12. The van der Waals surface area contributed by atoms with Crippen LogP contribution in [-0.2, 0) is 14.4 Å². The molecule has 0 rings (SSSR count). The molecule has 6 nitrogen and oxygen atoms in total. The number of rotatable bonds is 11. The molecule has 3 N–H and O–H groups in total. The maximum absolute atomic E-state index is 11.1. The van der Waals surface area contributed by atoms with Gasteiger partial charge in [-0.2, -0.15) is 0 Å². The molecule has 0 amide bonds. The summed E-state index contributed by atoms with van der Waals surface area (Å²) in [6.07, 6.45) is 2.39. The van der Waals surface area contributed by atoms with E-state index in [4.69, 9.17) is 15.3 Å². The smallest absolute Gasteiger partial charge is 0.307 e. The van der Waals surface area contributed by atoms with Crippen LogP contribution in [0.15, 0.2) is 0 Å². The molecule has 0 aliphatic carbocycles. The Labute approximate surface area is 118 Å². The van der Waals surface area contributed by atoms with Gasteiger partial charge in [-0.25, -0.2) is 0 Å². The third-order valence-corrected chi connectivity index (χ3v) is 3.77. The Balaban J connectivity index is 4.47. The van der Waals surface area contributed by atoms with Gasteiger partial charge in [0, 0.05) is 0 Å². The van der Waals surface area contributed by atoms with Crippen LogP contribution in [0.25, 0.3) is 0 Å². The van der Waals surface area contributed by atoms with E-state index in [1.54, 1.807) is 6.92 Å². The molecule has 0 aliphatic rings. The molecule has 0 saturated carbocycles. The minimum Gasteiger partial charge on any atom is -0.481 e. The van der Waals surface area contributed by atoms with E-state index in [0.717, 1.165) is 0 Å². The van der Waals surface area contributed by atoms with E-state index in [-0.39, 0.29) is 12.3 Å². The number of hydrogen-bond donors (Lipinski definition) is 3. The number of aliphatic carboxylic acids is 3. The molecular weight excluding hydrogens is 264 g/mol. The second kappa shape index (κ2) is 9.34. The molecule has 0 aromatic carbocycles. The SMILES string of the molecule is CCC(CCCC(CC)C(CC(=O)O)C(=O)O)C(=O)O. The molecule has 0 bridgehead atoms. The van der Waals surface area contributed by atoms with E-state index >= 15 is 0 Å². The van der Waals surface area contributed by atoms with Gasteiger partial charge in [0.05, 0.1) is 18.3 Å². The summed E-state index contributed by atoms with van der Waals surface area (Å²) >= 11 is 0. The van der Waals surface area contributed by atoms with Crippen molar-refractivity contribution in [1.82, 2.24) is 0 Å². The predicted octanol–water partition coefficient (Wildman–Crippen LogP) is 2.47. The number of carboxylic acids is 3. The Kier molecular flexibility index (Phi) is 8.59. The highest BCUT2D eigenvalue weighted by Crippen LogP contribution is 2.27. The zero-order chi connectivity index (χ0) is 15.7. The van der Waals surface area contributed by atoms with Crippen LogP contribution in [0.1, 0.15) is 52.4 Å². The van der Waals surface area contributed by atoms with Gasteiger partial charge in [-0.05, 0) is 25.2 Å². The largest absolute Gasteiger partial charge is 0.481 e. The summed E-state index contributed by atoms with van der Waals surface area (Å²) in [6.45, 7) is 3.64. The van der Waals surface area contributed by atoms with Gasteiger partial charge in [-0.15, -0.1) is 0 Å². The first kappa shape index (κ1) is 18.4. The first-order valence-corrected chi connectivity index (χ1v) is 7.00. The number of hydrogen-bond acceptors (Lipinski definition) is 3. The summed E-state index contributed by atoms with van der Waals surface area (Å²) in [7, 11) is 0. The molecule has 20 heavy (non-hydrogen) atoms. The normalized spacial score (nSPS) is 15.3. The Morgan fingerprint density at radius 1 is 0.900 bits per heavy atom. The maximum atomic E-state index is 11.1. The Morgan fingerprint density at radius 3 is 1.85 bits per heavy atom. The molecule has 0 aromatic heterocycles. The molecule has 0 aliphatic heterocycles. The van der Waals surface area contributed by atoms with Crippen LogP contribution in [0.5, 0.6) is 0 Å². The molecule has 0 radical (unpaired) electrons. The fourth-order valence-corrected chi connectivity index (χ4v) is 2.46. The van der Waals surface area contributed by atoms with Crippen molar-refractivity contribution in [2.24, 2.45) is 17.8 Å². The average molecular weight is 288 g/mol. The predicted molar refractivity (Wildman–Crippen MR) is 72.4 cm³/mol. The van der Waals surface area contributed by atoms with Crippen LogP contribution in [0.4, 0.5) is 0 Å². The highest BCUT2D eigenvalue weighted by molar-refractivity contribution is 5.78. The van der Waals surface area contributed by atoms with E-state index in [1.165, 1.54) is 0 Å². The van der Waals surface area contributed by atoms with Crippen LogP contribution in [0.2, 0.25) is 0 Å². The highest BCUT2D eigenvalue weighted by atomic mass is 16.4. The third-order valence-electron chi connectivity index (χ3n) is 3.77. The lowest BCUT2D eigenvalue weighted by atomic mass is 9.83. The summed E-state index contributed by atoms with van der Waals surface area (Å²) in [5.41, 5.74) is 0. The van der Waals surface area contributed by atoms with Gasteiger partial charge < -0.3 is 15.3 Å². The summed E-state index contributed by atoms with van der Waals surface area (Å²) < 4.78 is 0. The van der Waals surface area contributed by atoms with Gasteiger partial charge in [0.2, 0.25) is 0 Å². The molecule has 3 unspecified atom stereocenters. The topological polar surface area (TPSA) is 112 Å². The molecule has 0 fully saturated rings. The van der Waals surface area contributed by atoms with Crippen LogP contribution in [0, 0.1) is 17.8 Å². The molecule has 0 saturated heterocycles. The molecule has 0 aromatic rings. The molecular formula is C14H24O6. The quantitative estimate of drug-likeness (QED) is 0.538. The molecule has 0 spiro atoms. The van der Waals surface area contributed by atoms with Crippen molar-refractivity contribution in [3.63, 3.8) is 0 Å². The van der Waals surface area contributed by atoms with Crippen molar-refractivity contribution in [3.8, 4) is 0 Å². The minimum absolute atomic E-state index is 0.227. The summed E-state index contributed by atoms with van der Waals surface area (Å²) in [5.74, 6) is -4.58.